The van der Waals surface area contributed by atoms with Gasteiger partial charge in [-0.2, -0.15) is 0 Å². The van der Waals surface area contributed by atoms with Crippen LogP contribution in [0.1, 0.15) is 31.4 Å². The van der Waals surface area contributed by atoms with E-state index in [-0.39, 0.29) is 18.1 Å². The molecule has 1 atom stereocenters. The zero-order valence-electron chi connectivity index (χ0n) is 20.1. The van der Waals surface area contributed by atoms with Gasteiger partial charge in [0.2, 0.25) is 0 Å². The molecule has 0 saturated carbocycles. The maximum absolute atomic E-state index is 12.9. The number of aryl methyl sites for hydroxylation is 1. The minimum atomic E-state index is -0.283. The standard InChI is InChI=1S/C26H31Cl2N5O/c1-17(30-26(34)33(4)21-8-11-31(2)12-9-21)22-5-6-23(25(28)24(22)27)20-13-19(14-29-15-20)18-7-10-32(3)16-18/h5-7,10,13-17,21H,8-9,11-12H2,1-4H3,(H,30,34). The second kappa shape index (κ2) is 10.4. The summed E-state index contributed by atoms with van der Waals surface area (Å²) in [7, 11) is 5.96. The summed E-state index contributed by atoms with van der Waals surface area (Å²) in [4.78, 5) is 21.4. The van der Waals surface area contributed by atoms with Crippen LogP contribution < -0.4 is 5.32 Å². The fraction of sp³-hybridized carbons (Fsp3) is 0.385. The number of halogens is 2. The van der Waals surface area contributed by atoms with Gasteiger partial charge in [-0.25, -0.2) is 4.79 Å². The molecule has 34 heavy (non-hydrogen) atoms. The maximum Gasteiger partial charge on any atom is 0.317 e. The smallest absolute Gasteiger partial charge is 0.317 e. The predicted octanol–water partition coefficient (Wildman–Crippen LogP) is 5.86. The molecule has 8 heteroatoms. The normalized spacial score (nSPS) is 15.8. The average Bonchev–Trinajstić information content (AvgIpc) is 3.27. The zero-order valence-corrected chi connectivity index (χ0v) is 21.6. The van der Waals surface area contributed by atoms with Gasteiger partial charge in [0.1, 0.15) is 0 Å². The van der Waals surface area contributed by atoms with E-state index in [0.717, 1.165) is 53.7 Å². The van der Waals surface area contributed by atoms with E-state index in [2.05, 4.69) is 28.3 Å². The van der Waals surface area contributed by atoms with E-state index in [1.54, 1.807) is 6.20 Å². The first-order valence-corrected chi connectivity index (χ1v) is 12.3. The summed E-state index contributed by atoms with van der Waals surface area (Å²) in [5.41, 5.74) is 4.57. The second-order valence-electron chi connectivity index (χ2n) is 9.17. The van der Waals surface area contributed by atoms with E-state index >= 15 is 0 Å². The van der Waals surface area contributed by atoms with Gasteiger partial charge in [-0.05, 0) is 57.6 Å². The Bertz CT molecular complexity index is 1170. The summed E-state index contributed by atoms with van der Waals surface area (Å²) in [6.07, 6.45) is 9.62. The summed E-state index contributed by atoms with van der Waals surface area (Å²) in [5, 5.41) is 3.98. The molecule has 2 aromatic heterocycles. The third-order valence-corrected chi connectivity index (χ3v) is 7.59. The Labute approximate surface area is 211 Å². The third kappa shape index (κ3) is 5.24. The molecule has 0 spiro atoms. The summed E-state index contributed by atoms with van der Waals surface area (Å²) < 4.78 is 2.00. The van der Waals surface area contributed by atoms with E-state index in [9.17, 15) is 4.79 Å². The summed E-state index contributed by atoms with van der Waals surface area (Å²) in [6, 6.07) is 7.84. The van der Waals surface area contributed by atoms with Gasteiger partial charge in [0, 0.05) is 67.2 Å². The Morgan fingerprint density at radius 3 is 2.47 bits per heavy atom. The number of benzene rings is 1. The molecule has 0 radical (unpaired) electrons. The number of hydrogen-bond donors (Lipinski definition) is 1. The van der Waals surface area contributed by atoms with Crippen LogP contribution in [0.25, 0.3) is 22.3 Å². The van der Waals surface area contributed by atoms with Gasteiger partial charge in [-0.1, -0.05) is 35.3 Å². The van der Waals surface area contributed by atoms with Crippen LogP contribution in [0, 0.1) is 0 Å². The topological polar surface area (TPSA) is 53.4 Å². The minimum absolute atomic E-state index is 0.0990. The molecule has 3 heterocycles. The monoisotopic (exact) mass is 499 g/mol. The number of carbonyl (C=O) groups excluding carboxylic acids is 1. The number of amides is 2. The molecule has 1 saturated heterocycles. The van der Waals surface area contributed by atoms with Crippen molar-refractivity contribution in [2.45, 2.75) is 31.8 Å². The maximum atomic E-state index is 12.9. The number of carbonyl (C=O) groups is 1. The van der Waals surface area contributed by atoms with Crippen LogP contribution in [0.5, 0.6) is 0 Å². The predicted molar refractivity (Wildman–Crippen MR) is 139 cm³/mol. The SMILES string of the molecule is CC(NC(=O)N(C)C1CCN(C)CC1)c1ccc(-c2cncc(-c3ccn(C)c3)c2)c(Cl)c1Cl. The highest BCUT2D eigenvalue weighted by Gasteiger charge is 2.26. The highest BCUT2D eigenvalue weighted by molar-refractivity contribution is 6.44. The number of nitrogens with one attached hydrogen (secondary N) is 1. The van der Waals surface area contributed by atoms with Gasteiger partial charge < -0.3 is 19.7 Å². The molecule has 1 fully saturated rings. The fourth-order valence-corrected chi connectivity index (χ4v) is 5.06. The first kappa shape index (κ1) is 24.6. The van der Waals surface area contributed by atoms with Gasteiger partial charge in [0.05, 0.1) is 16.1 Å². The lowest BCUT2D eigenvalue weighted by atomic mass is 10.00. The molecule has 180 valence electrons. The quantitative estimate of drug-likeness (QED) is 0.478. The minimum Gasteiger partial charge on any atom is -0.357 e. The van der Waals surface area contributed by atoms with Crippen molar-refractivity contribution in [2.75, 3.05) is 27.2 Å². The third-order valence-electron chi connectivity index (χ3n) is 6.69. The van der Waals surface area contributed by atoms with Gasteiger partial charge in [-0.15, -0.1) is 0 Å². The fourth-order valence-electron chi connectivity index (χ4n) is 4.45. The van der Waals surface area contributed by atoms with Crippen LogP contribution in [-0.2, 0) is 7.05 Å². The first-order valence-electron chi connectivity index (χ1n) is 11.5. The van der Waals surface area contributed by atoms with Crippen LogP contribution in [0.2, 0.25) is 10.0 Å². The number of hydrogen-bond acceptors (Lipinski definition) is 3. The van der Waals surface area contributed by atoms with E-state index < -0.39 is 0 Å². The van der Waals surface area contributed by atoms with E-state index in [1.165, 1.54) is 0 Å². The number of rotatable bonds is 5. The number of aromatic nitrogens is 2. The molecule has 0 bridgehead atoms. The van der Waals surface area contributed by atoms with E-state index in [0.29, 0.717) is 10.0 Å². The lowest BCUT2D eigenvalue weighted by molar-refractivity contribution is 0.146. The molecule has 3 aromatic rings. The Morgan fingerprint density at radius 1 is 1.09 bits per heavy atom. The Morgan fingerprint density at radius 2 is 1.79 bits per heavy atom. The summed E-state index contributed by atoms with van der Waals surface area (Å²) in [6.45, 7) is 3.93. The Balaban J connectivity index is 1.51. The molecule has 1 N–H and O–H groups in total. The average molecular weight is 500 g/mol. The summed E-state index contributed by atoms with van der Waals surface area (Å²) >= 11 is 13.4. The number of nitrogens with zero attached hydrogens (tertiary/aromatic N) is 4. The molecule has 0 aliphatic carbocycles. The molecule has 2 amide bonds. The van der Waals surface area contributed by atoms with E-state index in [4.69, 9.17) is 23.2 Å². The van der Waals surface area contributed by atoms with Crippen LogP contribution in [-0.4, -0.2) is 58.6 Å². The van der Waals surface area contributed by atoms with Crippen molar-refractivity contribution in [3.8, 4) is 22.3 Å². The van der Waals surface area contributed by atoms with Crippen molar-refractivity contribution in [3.63, 3.8) is 0 Å². The highest BCUT2D eigenvalue weighted by Crippen LogP contribution is 2.39. The second-order valence-corrected chi connectivity index (χ2v) is 9.93. The van der Waals surface area contributed by atoms with Gasteiger partial charge >= 0.3 is 6.03 Å². The largest absolute Gasteiger partial charge is 0.357 e. The highest BCUT2D eigenvalue weighted by atomic mass is 35.5. The Hall–Kier alpha value is -2.54. The van der Waals surface area contributed by atoms with Crippen molar-refractivity contribution in [2.24, 2.45) is 7.05 Å². The van der Waals surface area contributed by atoms with Crippen LogP contribution >= 0.6 is 23.2 Å². The van der Waals surface area contributed by atoms with Crippen molar-refractivity contribution in [1.29, 1.82) is 0 Å². The van der Waals surface area contributed by atoms with Crippen molar-refractivity contribution < 1.29 is 4.79 Å². The summed E-state index contributed by atoms with van der Waals surface area (Å²) in [5.74, 6) is 0. The molecular formula is C26H31Cl2N5O. The van der Waals surface area contributed by atoms with Crippen LogP contribution in [0.3, 0.4) is 0 Å². The molecular weight excluding hydrogens is 469 g/mol. The molecule has 1 aliphatic rings. The number of piperidine rings is 1. The molecule has 1 aromatic carbocycles. The molecule has 1 aliphatic heterocycles. The molecule has 6 nitrogen and oxygen atoms in total. The van der Waals surface area contributed by atoms with Gasteiger partial charge in [-0.3, -0.25) is 4.98 Å². The van der Waals surface area contributed by atoms with Crippen molar-refractivity contribution in [1.82, 2.24) is 24.7 Å². The zero-order chi connectivity index (χ0) is 24.4. The van der Waals surface area contributed by atoms with Gasteiger partial charge in [0.25, 0.3) is 0 Å². The van der Waals surface area contributed by atoms with Crippen molar-refractivity contribution >= 4 is 29.2 Å². The van der Waals surface area contributed by atoms with Crippen LogP contribution in [0.15, 0.2) is 49.1 Å². The van der Waals surface area contributed by atoms with Crippen molar-refractivity contribution in [3.05, 3.63) is 64.7 Å². The van der Waals surface area contributed by atoms with Gasteiger partial charge in [0.15, 0.2) is 0 Å². The number of pyridine rings is 1. The van der Waals surface area contributed by atoms with Crippen LogP contribution in [0.4, 0.5) is 4.79 Å². The number of urea groups is 1. The molecule has 4 rings (SSSR count). The Kier molecular flexibility index (Phi) is 7.51. The first-order chi connectivity index (χ1) is 16.2. The number of likely N-dealkylation sites (tertiary alicyclic amines) is 1. The molecule has 1 unspecified atom stereocenters. The lowest BCUT2D eigenvalue weighted by Gasteiger charge is -2.35. The lowest BCUT2D eigenvalue weighted by Crippen LogP contribution is -2.48. The van der Waals surface area contributed by atoms with E-state index in [1.807, 2.05) is 67.3 Å².